The zero-order chi connectivity index (χ0) is 16.4. The van der Waals surface area contributed by atoms with Gasteiger partial charge in [-0.05, 0) is 50.0 Å². The molecule has 24 heavy (non-hydrogen) atoms. The Balaban J connectivity index is 1.45. The summed E-state index contributed by atoms with van der Waals surface area (Å²) in [7, 11) is 0. The Kier molecular flexibility index (Phi) is 4.61. The maximum Gasteiger partial charge on any atom is 0.0985 e. The first kappa shape index (κ1) is 16.1. The van der Waals surface area contributed by atoms with E-state index in [0.717, 1.165) is 18.9 Å². The summed E-state index contributed by atoms with van der Waals surface area (Å²) in [4.78, 5) is 2.62. The summed E-state index contributed by atoms with van der Waals surface area (Å²) in [5.41, 5.74) is 1.55. The number of ether oxygens (including phenoxy) is 1. The van der Waals surface area contributed by atoms with Crippen LogP contribution in [0.1, 0.15) is 56.9 Å². The van der Waals surface area contributed by atoms with Crippen LogP contribution < -0.4 is 0 Å². The van der Waals surface area contributed by atoms with E-state index in [2.05, 4.69) is 35.2 Å². The van der Waals surface area contributed by atoms with Crippen LogP contribution in [0, 0.1) is 17.2 Å². The van der Waals surface area contributed by atoms with Gasteiger partial charge in [0.25, 0.3) is 0 Å². The summed E-state index contributed by atoms with van der Waals surface area (Å²) in [6.07, 6.45) is 10.2. The van der Waals surface area contributed by atoms with Crippen LogP contribution in [0.3, 0.4) is 0 Å². The molecule has 2 saturated heterocycles. The molecule has 2 heterocycles. The van der Waals surface area contributed by atoms with Gasteiger partial charge in [0.2, 0.25) is 0 Å². The number of benzene rings is 1. The highest BCUT2D eigenvalue weighted by atomic mass is 16.5. The van der Waals surface area contributed by atoms with Gasteiger partial charge in [0.05, 0.1) is 25.3 Å². The summed E-state index contributed by atoms with van der Waals surface area (Å²) in [6, 6.07) is 13.5. The zero-order valence-electron chi connectivity index (χ0n) is 14.5. The van der Waals surface area contributed by atoms with Gasteiger partial charge in [0.1, 0.15) is 0 Å². The number of hydrogen-bond donors (Lipinski definition) is 0. The van der Waals surface area contributed by atoms with Gasteiger partial charge in [-0.25, -0.2) is 0 Å². The minimum absolute atomic E-state index is 0.104. The van der Waals surface area contributed by atoms with E-state index < -0.39 is 0 Å². The molecule has 0 aromatic heterocycles. The van der Waals surface area contributed by atoms with Crippen LogP contribution >= 0.6 is 0 Å². The van der Waals surface area contributed by atoms with E-state index >= 15 is 0 Å². The molecule has 1 aliphatic carbocycles. The second kappa shape index (κ2) is 6.86. The smallest absolute Gasteiger partial charge is 0.0985 e. The molecular weight excluding hydrogens is 296 g/mol. The van der Waals surface area contributed by atoms with Crippen molar-refractivity contribution in [2.45, 2.75) is 75.6 Å². The third-order valence-corrected chi connectivity index (χ3v) is 6.69. The van der Waals surface area contributed by atoms with Crippen molar-refractivity contribution in [3.8, 4) is 6.07 Å². The van der Waals surface area contributed by atoms with Crippen molar-refractivity contribution >= 4 is 0 Å². The van der Waals surface area contributed by atoms with Gasteiger partial charge in [-0.3, -0.25) is 4.90 Å². The van der Waals surface area contributed by atoms with Crippen LogP contribution in [-0.2, 0) is 11.3 Å². The first-order valence-corrected chi connectivity index (χ1v) is 9.63. The van der Waals surface area contributed by atoms with E-state index in [-0.39, 0.29) is 6.04 Å². The third kappa shape index (κ3) is 2.76. The Bertz CT molecular complexity index is 596. The van der Waals surface area contributed by atoms with Crippen molar-refractivity contribution in [3.05, 3.63) is 35.9 Å². The van der Waals surface area contributed by atoms with E-state index in [1.165, 1.54) is 50.5 Å². The Morgan fingerprint density at radius 3 is 2.79 bits per heavy atom. The van der Waals surface area contributed by atoms with Crippen molar-refractivity contribution in [2.75, 3.05) is 6.61 Å². The lowest BCUT2D eigenvalue weighted by Crippen LogP contribution is -2.61. The normalized spacial score (nSPS) is 35.9. The molecule has 128 valence electrons. The number of hydrogen-bond acceptors (Lipinski definition) is 3. The van der Waals surface area contributed by atoms with Gasteiger partial charge in [0, 0.05) is 11.6 Å². The molecule has 0 amide bonds. The topological polar surface area (TPSA) is 36.3 Å². The Morgan fingerprint density at radius 1 is 1.08 bits per heavy atom. The molecule has 4 rings (SSSR count). The predicted octanol–water partition coefficient (Wildman–Crippen LogP) is 4.28. The highest BCUT2D eigenvalue weighted by molar-refractivity contribution is 5.15. The average Bonchev–Trinajstić information content (AvgIpc) is 3.00. The second-order valence-electron chi connectivity index (χ2n) is 7.87. The molecule has 0 unspecified atom stereocenters. The van der Waals surface area contributed by atoms with Gasteiger partial charge in [-0.2, -0.15) is 5.26 Å². The fraction of sp³-hybridized carbons (Fsp3) is 0.667. The van der Waals surface area contributed by atoms with E-state index in [1.54, 1.807) is 0 Å². The minimum atomic E-state index is 0.104. The third-order valence-electron chi connectivity index (χ3n) is 6.69. The quantitative estimate of drug-likeness (QED) is 0.829. The molecule has 1 aromatic carbocycles. The van der Waals surface area contributed by atoms with Crippen molar-refractivity contribution in [3.63, 3.8) is 0 Å². The van der Waals surface area contributed by atoms with Gasteiger partial charge in [-0.1, -0.05) is 43.2 Å². The van der Waals surface area contributed by atoms with Crippen molar-refractivity contribution in [2.24, 2.45) is 5.92 Å². The van der Waals surface area contributed by atoms with Gasteiger partial charge in [-0.15, -0.1) is 0 Å². The molecule has 0 bridgehead atoms. The summed E-state index contributed by atoms with van der Waals surface area (Å²) in [5, 5.41) is 9.71. The Labute approximate surface area is 145 Å². The molecular formula is C21H28N2O. The van der Waals surface area contributed by atoms with Gasteiger partial charge >= 0.3 is 0 Å². The molecule has 3 aliphatic rings. The van der Waals surface area contributed by atoms with Gasteiger partial charge in [0.15, 0.2) is 0 Å². The minimum Gasteiger partial charge on any atom is -0.375 e. The van der Waals surface area contributed by atoms with Crippen molar-refractivity contribution in [1.29, 1.82) is 5.26 Å². The average molecular weight is 324 g/mol. The first-order valence-electron chi connectivity index (χ1n) is 9.63. The summed E-state index contributed by atoms with van der Waals surface area (Å²) in [5.74, 6) is 0.815. The van der Waals surface area contributed by atoms with E-state index in [1.807, 2.05) is 6.07 Å². The van der Waals surface area contributed by atoms with E-state index in [4.69, 9.17) is 4.74 Å². The van der Waals surface area contributed by atoms with E-state index in [0.29, 0.717) is 18.2 Å². The molecule has 0 radical (unpaired) electrons. The standard InChI is InChI=1S/C21H28N2O/c22-14-19-10-9-18-8-4-5-12-21(18)13-11-20(23(19)21)16-24-15-17-6-2-1-3-7-17/h1-3,6-7,18-20H,4-5,8-13,15-16H2/t18-,19-,20-,21-/m0/s1. The largest absolute Gasteiger partial charge is 0.375 e. The molecule has 0 N–H and O–H groups in total. The lowest BCUT2D eigenvalue weighted by Gasteiger charge is -2.54. The molecule has 3 fully saturated rings. The van der Waals surface area contributed by atoms with Crippen molar-refractivity contribution in [1.82, 2.24) is 4.90 Å². The van der Waals surface area contributed by atoms with Crippen LogP contribution in [-0.4, -0.2) is 29.1 Å². The molecule has 4 atom stereocenters. The summed E-state index contributed by atoms with van der Waals surface area (Å²) < 4.78 is 6.07. The maximum absolute atomic E-state index is 9.71. The van der Waals surface area contributed by atoms with Crippen LogP contribution in [0.25, 0.3) is 0 Å². The highest BCUT2D eigenvalue weighted by Gasteiger charge is 2.56. The number of nitrogens with zero attached hydrogens (tertiary/aromatic N) is 2. The van der Waals surface area contributed by atoms with Gasteiger partial charge < -0.3 is 4.74 Å². The highest BCUT2D eigenvalue weighted by Crippen LogP contribution is 2.53. The molecule has 3 nitrogen and oxygen atoms in total. The Hall–Kier alpha value is -1.37. The molecule has 2 aliphatic heterocycles. The SMILES string of the molecule is N#C[C@@H]1CC[C@@H]2CCCC[C@]23CC[C@@H](COCc2ccccc2)N13. The lowest BCUT2D eigenvalue weighted by atomic mass is 9.66. The van der Waals surface area contributed by atoms with E-state index in [9.17, 15) is 5.26 Å². The van der Waals surface area contributed by atoms with Crippen LogP contribution in [0.2, 0.25) is 0 Å². The number of nitriles is 1. The van der Waals surface area contributed by atoms with Crippen LogP contribution in [0.4, 0.5) is 0 Å². The number of rotatable bonds is 4. The van der Waals surface area contributed by atoms with Crippen LogP contribution in [0.5, 0.6) is 0 Å². The fourth-order valence-electron chi connectivity index (χ4n) is 5.67. The first-order chi connectivity index (χ1) is 11.8. The number of piperidine rings is 1. The maximum atomic E-state index is 9.71. The molecule has 3 heteroatoms. The van der Waals surface area contributed by atoms with Crippen molar-refractivity contribution < 1.29 is 4.74 Å². The summed E-state index contributed by atoms with van der Waals surface area (Å²) >= 11 is 0. The fourth-order valence-corrected chi connectivity index (χ4v) is 5.67. The van der Waals surface area contributed by atoms with Crippen LogP contribution in [0.15, 0.2) is 30.3 Å². The summed E-state index contributed by atoms with van der Waals surface area (Å²) in [6.45, 7) is 1.44. The molecule has 1 spiro atoms. The monoisotopic (exact) mass is 324 g/mol. The lowest BCUT2D eigenvalue weighted by molar-refractivity contribution is -0.0608. The second-order valence-corrected chi connectivity index (χ2v) is 7.87. The Morgan fingerprint density at radius 2 is 1.96 bits per heavy atom. The predicted molar refractivity (Wildman–Crippen MR) is 94.3 cm³/mol. The molecule has 1 aromatic rings. The zero-order valence-corrected chi connectivity index (χ0v) is 14.5. The molecule has 1 saturated carbocycles.